The molecule has 94 valence electrons. The monoisotopic (exact) mass is 262 g/mol. The Bertz CT molecular complexity index is 549. The van der Waals surface area contributed by atoms with Crippen LogP contribution in [0.2, 0.25) is 5.02 Å². The molecule has 2 aromatic rings. The number of benzene rings is 2. The van der Waals surface area contributed by atoms with Gasteiger partial charge in [-0.15, -0.1) is 0 Å². The van der Waals surface area contributed by atoms with Crippen molar-refractivity contribution in [3.63, 3.8) is 0 Å². The lowest BCUT2D eigenvalue weighted by Crippen LogP contribution is -1.98. The zero-order valence-electron chi connectivity index (χ0n) is 10.6. The molecule has 1 unspecified atom stereocenters. The Hall–Kier alpha value is -1.34. The standard InChI is InChI=1S/C16H16ClF/c1-3-11(2)12-8-6-9-14(16(12)18)13-7-4-5-10-15(13)17/h4-11H,3H2,1-2H3. The van der Waals surface area contributed by atoms with Gasteiger partial charge in [0.15, 0.2) is 0 Å². The molecule has 0 aliphatic heterocycles. The Morgan fingerprint density at radius 2 is 1.72 bits per heavy atom. The van der Waals surface area contributed by atoms with Crippen molar-refractivity contribution in [1.82, 2.24) is 0 Å². The number of rotatable bonds is 3. The van der Waals surface area contributed by atoms with Gasteiger partial charge >= 0.3 is 0 Å². The Morgan fingerprint density at radius 1 is 1.06 bits per heavy atom. The molecule has 0 heterocycles. The minimum Gasteiger partial charge on any atom is -0.206 e. The molecule has 0 saturated heterocycles. The van der Waals surface area contributed by atoms with E-state index in [1.165, 1.54) is 0 Å². The van der Waals surface area contributed by atoms with Crippen molar-refractivity contribution in [2.75, 3.05) is 0 Å². The van der Waals surface area contributed by atoms with E-state index in [4.69, 9.17) is 11.6 Å². The molecular formula is C16H16ClF. The Morgan fingerprint density at radius 3 is 2.39 bits per heavy atom. The first-order chi connectivity index (χ1) is 8.65. The molecular weight excluding hydrogens is 247 g/mol. The van der Waals surface area contributed by atoms with Crippen molar-refractivity contribution in [3.8, 4) is 11.1 Å². The third-order valence-corrected chi connectivity index (χ3v) is 3.67. The minimum absolute atomic E-state index is 0.153. The van der Waals surface area contributed by atoms with Crippen LogP contribution in [0.3, 0.4) is 0 Å². The highest BCUT2D eigenvalue weighted by atomic mass is 35.5. The molecule has 0 N–H and O–H groups in total. The summed E-state index contributed by atoms with van der Waals surface area (Å²) in [4.78, 5) is 0. The van der Waals surface area contributed by atoms with E-state index in [-0.39, 0.29) is 11.7 Å². The van der Waals surface area contributed by atoms with Crippen LogP contribution in [0.1, 0.15) is 31.7 Å². The summed E-state index contributed by atoms with van der Waals surface area (Å²) in [6.07, 6.45) is 0.920. The van der Waals surface area contributed by atoms with Gasteiger partial charge in [-0.05, 0) is 24.0 Å². The first-order valence-electron chi connectivity index (χ1n) is 6.18. The van der Waals surface area contributed by atoms with Gasteiger partial charge in [-0.1, -0.05) is 61.8 Å². The zero-order valence-corrected chi connectivity index (χ0v) is 11.3. The van der Waals surface area contributed by atoms with E-state index in [1.807, 2.05) is 37.3 Å². The van der Waals surface area contributed by atoms with E-state index in [0.29, 0.717) is 10.6 Å². The van der Waals surface area contributed by atoms with Gasteiger partial charge in [0.1, 0.15) is 5.82 Å². The molecule has 0 fully saturated rings. The van der Waals surface area contributed by atoms with E-state index in [9.17, 15) is 4.39 Å². The summed E-state index contributed by atoms with van der Waals surface area (Å²) in [5, 5.41) is 0.581. The highest BCUT2D eigenvalue weighted by molar-refractivity contribution is 6.33. The molecule has 0 nitrogen and oxygen atoms in total. The first-order valence-corrected chi connectivity index (χ1v) is 6.56. The normalized spacial score (nSPS) is 12.4. The van der Waals surface area contributed by atoms with Crippen LogP contribution in [0, 0.1) is 5.82 Å². The lowest BCUT2D eigenvalue weighted by atomic mass is 9.94. The molecule has 1 atom stereocenters. The molecule has 0 spiro atoms. The van der Waals surface area contributed by atoms with Crippen LogP contribution in [-0.4, -0.2) is 0 Å². The third kappa shape index (κ3) is 2.41. The maximum absolute atomic E-state index is 14.5. The van der Waals surface area contributed by atoms with Gasteiger partial charge in [0.2, 0.25) is 0 Å². The van der Waals surface area contributed by atoms with Crippen molar-refractivity contribution in [1.29, 1.82) is 0 Å². The second-order valence-corrected chi connectivity index (χ2v) is 4.91. The summed E-state index contributed by atoms with van der Waals surface area (Å²) >= 11 is 6.13. The minimum atomic E-state index is -0.153. The maximum atomic E-state index is 14.5. The van der Waals surface area contributed by atoms with Crippen molar-refractivity contribution >= 4 is 11.6 Å². The van der Waals surface area contributed by atoms with Crippen molar-refractivity contribution < 1.29 is 4.39 Å². The first kappa shape index (κ1) is 13.1. The lowest BCUT2D eigenvalue weighted by Gasteiger charge is -2.14. The molecule has 0 aliphatic carbocycles. The molecule has 18 heavy (non-hydrogen) atoms. The molecule has 2 heteroatoms. The van der Waals surface area contributed by atoms with Crippen LogP contribution in [0.5, 0.6) is 0 Å². The van der Waals surface area contributed by atoms with Crippen LogP contribution in [0.4, 0.5) is 4.39 Å². The molecule has 2 aromatic carbocycles. The molecule has 0 aliphatic rings. The van der Waals surface area contributed by atoms with E-state index >= 15 is 0 Å². The van der Waals surface area contributed by atoms with Gasteiger partial charge in [0.05, 0.1) is 0 Å². The fourth-order valence-corrected chi connectivity index (χ4v) is 2.28. The van der Waals surface area contributed by atoms with Gasteiger partial charge in [0, 0.05) is 16.1 Å². The third-order valence-electron chi connectivity index (χ3n) is 3.34. The van der Waals surface area contributed by atoms with Crippen LogP contribution >= 0.6 is 11.6 Å². The van der Waals surface area contributed by atoms with Crippen molar-refractivity contribution in [2.24, 2.45) is 0 Å². The fraction of sp³-hybridized carbons (Fsp3) is 0.250. The predicted molar refractivity (Wildman–Crippen MR) is 75.6 cm³/mol. The Balaban J connectivity index is 2.56. The molecule has 0 saturated carbocycles. The summed E-state index contributed by atoms with van der Waals surface area (Å²) in [6.45, 7) is 4.10. The highest BCUT2D eigenvalue weighted by Gasteiger charge is 2.15. The van der Waals surface area contributed by atoms with E-state index in [1.54, 1.807) is 12.1 Å². The van der Waals surface area contributed by atoms with Crippen molar-refractivity contribution in [3.05, 3.63) is 58.9 Å². The van der Waals surface area contributed by atoms with Crippen LogP contribution in [0.25, 0.3) is 11.1 Å². The quantitative estimate of drug-likeness (QED) is 0.669. The number of halogens is 2. The fourth-order valence-electron chi connectivity index (χ4n) is 2.04. The van der Waals surface area contributed by atoms with Gasteiger partial charge in [-0.2, -0.15) is 0 Å². The van der Waals surface area contributed by atoms with E-state index < -0.39 is 0 Å². The molecule has 2 rings (SSSR count). The Kier molecular flexibility index (Phi) is 4.03. The molecule has 0 amide bonds. The van der Waals surface area contributed by atoms with Crippen LogP contribution < -0.4 is 0 Å². The summed E-state index contributed by atoms with van der Waals surface area (Å²) in [6, 6.07) is 12.9. The lowest BCUT2D eigenvalue weighted by molar-refractivity contribution is 0.587. The van der Waals surface area contributed by atoms with Gasteiger partial charge in [0.25, 0.3) is 0 Å². The second-order valence-electron chi connectivity index (χ2n) is 4.50. The average Bonchev–Trinajstić information content (AvgIpc) is 2.39. The topological polar surface area (TPSA) is 0 Å². The summed E-state index contributed by atoms with van der Waals surface area (Å²) in [5.74, 6) is 0.0624. The van der Waals surface area contributed by atoms with E-state index in [0.717, 1.165) is 17.5 Å². The van der Waals surface area contributed by atoms with Gasteiger partial charge in [-0.25, -0.2) is 4.39 Å². The van der Waals surface area contributed by atoms with Gasteiger partial charge < -0.3 is 0 Å². The highest BCUT2D eigenvalue weighted by Crippen LogP contribution is 2.33. The predicted octanol–water partition coefficient (Wildman–Crippen LogP) is 5.66. The molecule has 0 bridgehead atoms. The largest absolute Gasteiger partial charge is 0.206 e. The number of hydrogen-bond donors (Lipinski definition) is 0. The van der Waals surface area contributed by atoms with Crippen LogP contribution in [-0.2, 0) is 0 Å². The summed E-state index contributed by atoms with van der Waals surface area (Å²) < 4.78 is 14.5. The molecule has 0 aromatic heterocycles. The molecule has 0 radical (unpaired) electrons. The SMILES string of the molecule is CCC(C)c1cccc(-c2ccccc2Cl)c1F. The smallest absolute Gasteiger partial charge is 0.134 e. The van der Waals surface area contributed by atoms with E-state index in [2.05, 4.69) is 6.92 Å². The Labute approximate surface area is 112 Å². The summed E-state index contributed by atoms with van der Waals surface area (Å²) in [7, 11) is 0. The second kappa shape index (κ2) is 5.53. The maximum Gasteiger partial charge on any atom is 0.134 e. The average molecular weight is 263 g/mol. The van der Waals surface area contributed by atoms with Crippen LogP contribution in [0.15, 0.2) is 42.5 Å². The summed E-state index contributed by atoms with van der Waals surface area (Å²) in [5.41, 5.74) is 2.09. The van der Waals surface area contributed by atoms with Crippen molar-refractivity contribution in [2.45, 2.75) is 26.2 Å². The zero-order chi connectivity index (χ0) is 13.1. The van der Waals surface area contributed by atoms with Gasteiger partial charge in [-0.3, -0.25) is 0 Å². The number of hydrogen-bond acceptors (Lipinski definition) is 0.